The molecular weight excluding hydrogens is 326 g/mol. The Balaban J connectivity index is 1.66. The van der Waals surface area contributed by atoms with Gasteiger partial charge < -0.3 is 0 Å². The smallest absolute Gasteiger partial charge is 0.127 e. The number of hydrogen-bond acceptors (Lipinski definition) is 3. The van der Waals surface area contributed by atoms with Crippen LogP contribution in [0.5, 0.6) is 0 Å². The van der Waals surface area contributed by atoms with Crippen LogP contribution in [0.25, 0.3) is 11.0 Å². The van der Waals surface area contributed by atoms with Gasteiger partial charge in [-0.05, 0) is 75.0 Å². The van der Waals surface area contributed by atoms with E-state index in [0.717, 1.165) is 11.0 Å². The second-order valence-electron chi connectivity index (χ2n) is 7.68. The summed E-state index contributed by atoms with van der Waals surface area (Å²) >= 11 is 2.11. The quantitative estimate of drug-likeness (QED) is 0.487. The van der Waals surface area contributed by atoms with Crippen molar-refractivity contribution in [2.75, 3.05) is 5.75 Å². The molecule has 1 aliphatic carbocycles. The van der Waals surface area contributed by atoms with Crippen molar-refractivity contribution in [2.24, 2.45) is 0 Å². The van der Waals surface area contributed by atoms with Crippen molar-refractivity contribution in [3.63, 3.8) is 0 Å². The second kappa shape index (κ2) is 8.57. The highest BCUT2D eigenvalue weighted by Crippen LogP contribution is 2.45. The standard InChI is InChI=1S/C21H33N3S/c1-4-5-6-7-8-11-14-25-21(12-9-10-13-21)24-22-19-15-17(2)18(3)16-20(19)23-24/h15-16H,4-14H2,1-3H3. The highest BCUT2D eigenvalue weighted by Gasteiger charge is 2.38. The summed E-state index contributed by atoms with van der Waals surface area (Å²) in [5.74, 6) is 1.24. The first kappa shape index (κ1) is 18.8. The van der Waals surface area contributed by atoms with Gasteiger partial charge in [0.1, 0.15) is 15.9 Å². The van der Waals surface area contributed by atoms with Gasteiger partial charge in [0.15, 0.2) is 0 Å². The van der Waals surface area contributed by atoms with Crippen LogP contribution in [-0.4, -0.2) is 20.7 Å². The van der Waals surface area contributed by atoms with Crippen LogP contribution in [0.2, 0.25) is 0 Å². The van der Waals surface area contributed by atoms with Crippen molar-refractivity contribution in [1.82, 2.24) is 15.0 Å². The molecule has 0 spiro atoms. The summed E-state index contributed by atoms with van der Waals surface area (Å²) in [6.07, 6.45) is 13.2. The van der Waals surface area contributed by atoms with E-state index in [-0.39, 0.29) is 4.87 Å². The zero-order chi connectivity index (χ0) is 17.7. The van der Waals surface area contributed by atoms with Gasteiger partial charge in [0.05, 0.1) is 0 Å². The maximum atomic E-state index is 4.89. The van der Waals surface area contributed by atoms with Crippen LogP contribution in [0.4, 0.5) is 0 Å². The van der Waals surface area contributed by atoms with Gasteiger partial charge in [0.2, 0.25) is 0 Å². The monoisotopic (exact) mass is 359 g/mol. The molecule has 2 aromatic rings. The number of hydrogen-bond donors (Lipinski definition) is 0. The second-order valence-corrected chi connectivity index (χ2v) is 9.14. The van der Waals surface area contributed by atoms with Crippen LogP contribution in [-0.2, 0) is 4.87 Å². The third kappa shape index (κ3) is 4.39. The molecule has 3 nitrogen and oxygen atoms in total. The van der Waals surface area contributed by atoms with Gasteiger partial charge in [-0.25, -0.2) is 0 Å². The molecular formula is C21H33N3S. The molecule has 0 aliphatic heterocycles. The normalized spacial score (nSPS) is 16.8. The number of aryl methyl sites for hydroxylation is 2. The van der Waals surface area contributed by atoms with E-state index in [1.807, 2.05) is 0 Å². The van der Waals surface area contributed by atoms with E-state index in [1.165, 1.54) is 81.1 Å². The van der Waals surface area contributed by atoms with Gasteiger partial charge in [-0.15, -0.1) is 11.8 Å². The minimum atomic E-state index is 0.101. The molecule has 1 saturated carbocycles. The summed E-state index contributed by atoms with van der Waals surface area (Å²) < 4.78 is 0. The maximum Gasteiger partial charge on any atom is 0.127 e. The number of thioether (sulfide) groups is 1. The van der Waals surface area contributed by atoms with Crippen molar-refractivity contribution >= 4 is 22.8 Å². The first-order valence-electron chi connectivity index (χ1n) is 10.1. The summed E-state index contributed by atoms with van der Waals surface area (Å²) in [5, 5.41) is 9.79. The van der Waals surface area contributed by atoms with Gasteiger partial charge in [-0.2, -0.15) is 15.0 Å². The van der Waals surface area contributed by atoms with Crippen molar-refractivity contribution in [3.8, 4) is 0 Å². The van der Waals surface area contributed by atoms with Crippen molar-refractivity contribution < 1.29 is 0 Å². The molecule has 1 fully saturated rings. The van der Waals surface area contributed by atoms with Gasteiger partial charge in [-0.1, -0.05) is 39.0 Å². The molecule has 0 bridgehead atoms. The molecule has 1 aliphatic rings. The first-order valence-corrected chi connectivity index (χ1v) is 11.1. The van der Waals surface area contributed by atoms with E-state index in [1.54, 1.807) is 0 Å². The predicted octanol–water partition coefficient (Wildman–Crippen LogP) is 6.37. The molecule has 1 aromatic carbocycles. The SMILES string of the molecule is CCCCCCCCSC1(n2nc3cc(C)c(C)cc3n2)CCCC1. The van der Waals surface area contributed by atoms with Crippen LogP contribution >= 0.6 is 11.8 Å². The fourth-order valence-corrected chi connectivity index (χ4v) is 5.33. The molecule has 0 radical (unpaired) electrons. The van der Waals surface area contributed by atoms with Crippen LogP contribution in [0.1, 0.15) is 82.3 Å². The Hall–Kier alpha value is -1.03. The highest BCUT2D eigenvalue weighted by molar-refractivity contribution is 8.00. The van der Waals surface area contributed by atoms with E-state index in [0.29, 0.717) is 0 Å². The summed E-state index contributed by atoms with van der Waals surface area (Å²) in [4.78, 5) is 2.18. The van der Waals surface area contributed by atoms with Gasteiger partial charge in [0.25, 0.3) is 0 Å². The Morgan fingerprint density at radius 2 is 1.48 bits per heavy atom. The molecule has 0 N–H and O–H groups in total. The molecule has 138 valence electrons. The van der Waals surface area contributed by atoms with Crippen molar-refractivity contribution in [1.29, 1.82) is 0 Å². The Bertz CT molecular complexity index is 647. The number of benzene rings is 1. The minimum Gasteiger partial charge on any atom is -0.167 e. The number of unbranched alkanes of at least 4 members (excludes halogenated alkanes) is 5. The van der Waals surface area contributed by atoms with Crippen molar-refractivity contribution in [2.45, 2.75) is 89.9 Å². The summed E-state index contributed by atoms with van der Waals surface area (Å²) in [7, 11) is 0. The minimum absolute atomic E-state index is 0.101. The van der Waals surface area contributed by atoms with E-state index >= 15 is 0 Å². The molecule has 0 amide bonds. The molecule has 0 unspecified atom stereocenters. The van der Waals surface area contributed by atoms with Crippen LogP contribution in [0.3, 0.4) is 0 Å². The zero-order valence-electron chi connectivity index (χ0n) is 16.2. The fourth-order valence-electron chi connectivity index (χ4n) is 3.83. The lowest BCUT2D eigenvalue weighted by molar-refractivity contribution is 0.369. The fraction of sp³-hybridized carbons (Fsp3) is 0.714. The van der Waals surface area contributed by atoms with Gasteiger partial charge in [-0.3, -0.25) is 0 Å². The van der Waals surface area contributed by atoms with E-state index in [2.05, 4.69) is 49.5 Å². The molecule has 3 rings (SSSR count). The summed E-state index contributed by atoms with van der Waals surface area (Å²) in [6.45, 7) is 6.60. The van der Waals surface area contributed by atoms with Gasteiger partial charge in [0, 0.05) is 0 Å². The lowest BCUT2D eigenvalue weighted by atomic mass is 10.1. The maximum absolute atomic E-state index is 4.89. The lowest BCUT2D eigenvalue weighted by Gasteiger charge is -2.27. The highest BCUT2D eigenvalue weighted by atomic mass is 32.2. The number of nitrogens with zero attached hydrogens (tertiary/aromatic N) is 3. The molecule has 4 heteroatoms. The Morgan fingerprint density at radius 1 is 0.920 bits per heavy atom. The average molecular weight is 360 g/mol. The summed E-state index contributed by atoms with van der Waals surface area (Å²) in [5.41, 5.74) is 4.71. The molecule has 0 saturated heterocycles. The molecule has 1 heterocycles. The molecule has 0 atom stereocenters. The molecule has 25 heavy (non-hydrogen) atoms. The summed E-state index contributed by atoms with van der Waals surface area (Å²) in [6, 6.07) is 4.38. The Kier molecular flexibility index (Phi) is 6.43. The molecule has 1 aromatic heterocycles. The zero-order valence-corrected chi connectivity index (χ0v) is 17.0. The number of rotatable bonds is 9. The number of aromatic nitrogens is 3. The van der Waals surface area contributed by atoms with E-state index in [4.69, 9.17) is 10.2 Å². The average Bonchev–Trinajstić information content (AvgIpc) is 3.22. The van der Waals surface area contributed by atoms with Crippen LogP contribution in [0.15, 0.2) is 12.1 Å². The lowest BCUT2D eigenvalue weighted by Crippen LogP contribution is -2.29. The van der Waals surface area contributed by atoms with Crippen LogP contribution in [0, 0.1) is 13.8 Å². The van der Waals surface area contributed by atoms with Gasteiger partial charge >= 0.3 is 0 Å². The van der Waals surface area contributed by atoms with Crippen molar-refractivity contribution in [3.05, 3.63) is 23.3 Å². The Morgan fingerprint density at radius 3 is 2.08 bits per heavy atom. The largest absolute Gasteiger partial charge is 0.167 e. The Labute approximate surface area is 156 Å². The third-order valence-corrected chi connectivity index (χ3v) is 7.22. The van der Waals surface area contributed by atoms with E-state index < -0.39 is 0 Å². The predicted molar refractivity (Wildman–Crippen MR) is 109 cm³/mol. The number of fused-ring (bicyclic) bond motifs is 1. The third-order valence-electron chi connectivity index (χ3n) is 5.61. The van der Waals surface area contributed by atoms with Crippen LogP contribution < -0.4 is 0 Å². The first-order chi connectivity index (χ1) is 12.1. The van der Waals surface area contributed by atoms with E-state index in [9.17, 15) is 0 Å². The topological polar surface area (TPSA) is 30.7 Å².